The maximum Gasteiger partial charge on any atom is 0.300 e. The second kappa shape index (κ2) is 9.58. The van der Waals surface area contributed by atoms with Crippen molar-refractivity contribution in [3.63, 3.8) is 0 Å². The van der Waals surface area contributed by atoms with Gasteiger partial charge >= 0.3 is 0 Å². The first-order chi connectivity index (χ1) is 17.4. The van der Waals surface area contributed by atoms with Crippen LogP contribution in [0.2, 0.25) is 0 Å². The Morgan fingerprint density at radius 3 is 2.36 bits per heavy atom. The molecule has 6 heteroatoms. The summed E-state index contributed by atoms with van der Waals surface area (Å²) in [6.07, 6.45) is 1.48. The van der Waals surface area contributed by atoms with Crippen LogP contribution in [0.5, 0.6) is 5.75 Å². The fourth-order valence-electron chi connectivity index (χ4n) is 4.37. The second-order valence-corrected chi connectivity index (χ2v) is 8.77. The van der Waals surface area contributed by atoms with Gasteiger partial charge in [-0.1, -0.05) is 48.0 Å². The Balaban J connectivity index is 1.52. The van der Waals surface area contributed by atoms with Crippen molar-refractivity contribution in [2.75, 3.05) is 4.90 Å². The molecule has 36 heavy (non-hydrogen) atoms. The number of ketones is 1. The van der Waals surface area contributed by atoms with Gasteiger partial charge in [-0.25, -0.2) is 0 Å². The number of ether oxygens (including phenoxy) is 1. The molecule has 1 aliphatic rings. The van der Waals surface area contributed by atoms with Crippen LogP contribution in [0.4, 0.5) is 5.69 Å². The average Bonchev–Trinajstić information content (AvgIpc) is 3.51. The summed E-state index contributed by atoms with van der Waals surface area (Å²) in [4.78, 5) is 27.7. The molecule has 2 heterocycles. The van der Waals surface area contributed by atoms with E-state index in [1.54, 1.807) is 42.5 Å². The lowest BCUT2D eigenvalue weighted by Gasteiger charge is -2.23. The fraction of sp³-hybridized carbons (Fsp3) is 0.133. The van der Waals surface area contributed by atoms with Crippen LogP contribution >= 0.6 is 0 Å². The fourth-order valence-corrected chi connectivity index (χ4v) is 4.37. The summed E-state index contributed by atoms with van der Waals surface area (Å²) >= 11 is 0. The number of anilines is 1. The van der Waals surface area contributed by atoms with E-state index < -0.39 is 17.7 Å². The number of aliphatic hydroxyl groups excluding tert-OH is 1. The lowest BCUT2D eigenvalue weighted by atomic mass is 9.98. The van der Waals surface area contributed by atoms with E-state index in [0.29, 0.717) is 29.4 Å². The van der Waals surface area contributed by atoms with E-state index in [-0.39, 0.29) is 11.3 Å². The van der Waals surface area contributed by atoms with Crippen LogP contribution < -0.4 is 9.64 Å². The number of amides is 1. The van der Waals surface area contributed by atoms with Crippen LogP contribution in [-0.2, 0) is 16.2 Å². The molecule has 0 radical (unpaired) electrons. The molecule has 1 unspecified atom stereocenters. The molecule has 0 spiro atoms. The van der Waals surface area contributed by atoms with Gasteiger partial charge in [-0.2, -0.15) is 0 Å². The summed E-state index contributed by atoms with van der Waals surface area (Å²) in [6.45, 7) is 4.22. The monoisotopic (exact) mass is 479 g/mol. The van der Waals surface area contributed by atoms with Crippen LogP contribution in [0, 0.1) is 13.8 Å². The first-order valence-electron chi connectivity index (χ1n) is 11.6. The molecule has 180 valence electrons. The highest BCUT2D eigenvalue weighted by atomic mass is 16.5. The van der Waals surface area contributed by atoms with E-state index in [9.17, 15) is 14.7 Å². The van der Waals surface area contributed by atoms with E-state index in [0.717, 1.165) is 16.7 Å². The van der Waals surface area contributed by atoms with E-state index in [1.807, 2.05) is 56.3 Å². The normalized spacial score (nSPS) is 16.9. The molecular formula is C30H25NO5. The van der Waals surface area contributed by atoms with Crippen LogP contribution in [0.15, 0.2) is 101 Å². The van der Waals surface area contributed by atoms with Crippen LogP contribution in [0.3, 0.4) is 0 Å². The summed E-state index contributed by atoms with van der Waals surface area (Å²) in [6, 6.07) is 24.8. The number of Topliss-reactive ketones (excluding diaryl/α,β-unsaturated/α-hetero) is 1. The zero-order valence-electron chi connectivity index (χ0n) is 20.0. The molecule has 3 aromatic carbocycles. The SMILES string of the molecule is Cc1ccc(N2C(=O)C(=O)/C(=C(\O)c3ccc(OCc4ccccc4)c(C)c3)C2c2ccco2)cc1. The summed E-state index contributed by atoms with van der Waals surface area (Å²) < 4.78 is 11.6. The van der Waals surface area contributed by atoms with Gasteiger partial charge in [0.15, 0.2) is 0 Å². The molecule has 1 atom stereocenters. The van der Waals surface area contributed by atoms with Crippen molar-refractivity contribution >= 4 is 23.1 Å². The van der Waals surface area contributed by atoms with Crippen molar-refractivity contribution in [1.29, 1.82) is 0 Å². The molecule has 4 aromatic rings. The molecule has 0 aliphatic carbocycles. The number of carbonyl (C=O) groups excluding carboxylic acids is 2. The Bertz CT molecular complexity index is 1440. The van der Waals surface area contributed by atoms with Gasteiger partial charge in [0, 0.05) is 11.3 Å². The van der Waals surface area contributed by atoms with Crippen molar-refractivity contribution < 1.29 is 23.8 Å². The van der Waals surface area contributed by atoms with Gasteiger partial charge in [0.1, 0.15) is 29.9 Å². The maximum absolute atomic E-state index is 13.2. The number of nitrogens with zero attached hydrogens (tertiary/aromatic N) is 1. The standard InChI is InChI=1S/C30H25NO5/c1-19-10-13-23(14-11-19)31-27(25-9-6-16-35-25)26(29(33)30(31)34)28(32)22-12-15-24(20(2)17-22)36-18-21-7-4-3-5-8-21/h3-17,27,32H,18H2,1-2H3/b28-26-. The Labute approximate surface area is 209 Å². The van der Waals surface area contributed by atoms with Gasteiger partial charge in [-0.15, -0.1) is 0 Å². The van der Waals surface area contributed by atoms with E-state index in [4.69, 9.17) is 9.15 Å². The lowest BCUT2D eigenvalue weighted by molar-refractivity contribution is -0.132. The first kappa shape index (κ1) is 23.2. The van der Waals surface area contributed by atoms with Crippen molar-refractivity contribution in [2.24, 2.45) is 0 Å². The number of aryl methyl sites for hydroxylation is 2. The summed E-state index contributed by atoms with van der Waals surface area (Å²) in [5.41, 5.74) is 3.79. The van der Waals surface area contributed by atoms with Crippen LogP contribution in [0.25, 0.3) is 5.76 Å². The first-order valence-corrected chi connectivity index (χ1v) is 11.6. The molecule has 1 N–H and O–H groups in total. The Kier molecular flexibility index (Phi) is 6.17. The van der Waals surface area contributed by atoms with Gasteiger partial charge < -0.3 is 14.3 Å². The Morgan fingerprint density at radius 1 is 0.944 bits per heavy atom. The molecule has 0 bridgehead atoms. The average molecular weight is 480 g/mol. The van der Waals surface area contributed by atoms with Gasteiger partial charge in [0.05, 0.1) is 11.8 Å². The maximum atomic E-state index is 13.2. The highest BCUT2D eigenvalue weighted by Gasteiger charge is 2.48. The number of benzene rings is 3. The minimum absolute atomic E-state index is 0.0205. The number of carbonyl (C=O) groups is 2. The largest absolute Gasteiger partial charge is 0.507 e. The third-order valence-electron chi connectivity index (χ3n) is 6.25. The molecule has 6 nitrogen and oxygen atoms in total. The summed E-state index contributed by atoms with van der Waals surface area (Å²) in [5.74, 6) is -0.700. The molecule has 5 rings (SSSR count). The van der Waals surface area contributed by atoms with Crippen molar-refractivity contribution in [3.8, 4) is 5.75 Å². The van der Waals surface area contributed by atoms with Gasteiger partial charge in [0.2, 0.25) is 0 Å². The quantitative estimate of drug-likeness (QED) is 0.205. The molecule has 1 saturated heterocycles. The zero-order valence-corrected chi connectivity index (χ0v) is 20.0. The highest BCUT2D eigenvalue weighted by Crippen LogP contribution is 2.42. The molecule has 1 aromatic heterocycles. The predicted octanol–water partition coefficient (Wildman–Crippen LogP) is 6.10. The second-order valence-electron chi connectivity index (χ2n) is 8.77. The van der Waals surface area contributed by atoms with Crippen molar-refractivity contribution in [2.45, 2.75) is 26.5 Å². The third kappa shape index (κ3) is 4.29. The van der Waals surface area contributed by atoms with E-state index in [1.165, 1.54) is 11.2 Å². The number of hydrogen-bond donors (Lipinski definition) is 1. The summed E-state index contributed by atoms with van der Waals surface area (Å²) in [7, 11) is 0. The molecule has 1 amide bonds. The molecule has 1 fully saturated rings. The number of furan rings is 1. The van der Waals surface area contributed by atoms with Gasteiger partial charge in [0.25, 0.3) is 11.7 Å². The van der Waals surface area contributed by atoms with E-state index in [2.05, 4.69) is 0 Å². The van der Waals surface area contributed by atoms with Gasteiger partial charge in [-0.3, -0.25) is 14.5 Å². The van der Waals surface area contributed by atoms with Gasteiger partial charge in [-0.05, 0) is 67.4 Å². The number of aliphatic hydroxyl groups is 1. The molecular weight excluding hydrogens is 454 g/mol. The summed E-state index contributed by atoms with van der Waals surface area (Å²) in [5, 5.41) is 11.3. The third-order valence-corrected chi connectivity index (χ3v) is 6.25. The molecule has 0 saturated carbocycles. The smallest absolute Gasteiger partial charge is 0.300 e. The van der Waals surface area contributed by atoms with Crippen LogP contribution in [-0.4, -0.2) is 16.8 Å². The van der Waals surface area contributed by atoms with Crippen molar-refractivity contribution in [1.82, 2.24) is 0 Å². The molecule has 1 aliphatic heterocycles. The minimum Gasteiger partial charge on any atom is -0.507 e. The number of hydrogen-bond acceptors (Lipinski definition) is 5. The predicted molar refractivity (Wildman–Crippen MR) is 137 cm³/mol. The topological polar surface area (TPSA) is 80.0 Å². The minimum atomic E-state index is -0.892. The Morgan fingerprint density at radius 2 is 1.69 bits per heavy atom. The van der Waals surface area contributed by atoms with Crippen molar-refractivity contribution in [3.05, 3.63) is 125 Å². The number of rotatable bonds is 6. The van der Waals surface area contributed by atoms with Crippen LogP contribution in [0.1, 0.15) is 34.1 Å². The lowest BCUT2D eigenvalue weighted by Crippen LogP contribution is -2.29. The highest BCUT2D eigenvalue weighted by molar-refractivity contribution is 6.51. The Hall–Kier alpha value is -4.58. The van der Waals surface area contributed by atoms with E-state index >= 15 is 0 Å². The zero-order chi connectivity index (χ0) is 25.2.